The lowest BCUT2D eigenvalue weighted by Crippen LogP contribution is -2.06. The molecule has 0 atom stereocenters. The predicted octanol–water partition coefficient (Wildman–Crippen LogP) is 9.96. The van der Waals surface area contributed by atoms with Gasteiger partial charge in [0.1, 0.15) is 7.85 Å². The van der Waals surface area contributed by atoms with Crippen molar-refractivity contribution in [2.24, 2.45) is 4.99 Å². The van der Waals surface area contributed by atoms with E-state index < -0.39 is 0 Å². The van der Waals surface area contributed by atoms with Crippen molar-refractivity contribution in [3.05, 3.63) is 148 Å². The van der Waals surface area contributed by atoms with Gasteiger partial charge >= 0.3 is 0 Å². The van der Waals surface area contributed by atoms with E-state index in [2.05, 4.69) is 137 Å². The Bertz CT molecular complexity index is 1410. The van der Waals surface area contributed by atoms with Gasteiger partial charge in [0.25, 0.3) is 0 Å². The number of aliphatic imine (C=N–C) groups is 1. The first kappa shape index (κ1) is 31.9. The molecule has 0 unspecified atom stereocenters. The fourth-order valence-corrected chi connectivity index (χ4v) is 5.02. The highest BCUT2D eigenvalue weighted by atomic mass is 14.7. The van der Waals surface area contributed by atoms with Gasteiger partial charge < -0.3 is 0 Å². The molecule has 0 aromatic heterocycles. The van der Waals surface area contributed by atoms with E-state index in [4.69, 9.17) is 7.85 Å². The number of nitrogens with zero attached hydrogens (tertiary/aromatic N) is 1. The van der Waals surface area contributed by atoms with Crippen molar-refractivity contribution in [2.75, 3.05) is 6.54 Å². The minimum absolute atomic E-state index is 0.348. The molecule has 3 aromatic rings. The van der Waals surface area contributed by atoms with Crippen LogP contribution in [0.5, 0.6) is 0 Å². The smallest absolute Gasteiger partial charge is 0.116 e. The van der Waals surface area contributed by atoms with Gasteiger partial charge in [0, 0.05) is 11.6 Å². The Balaban J connectivity index is 0.000000181. The average Bonchev–Trinajstić information content (AvgIpc) is 3.80. The average molecular weight is 540 g/mol. The van der Waals surface area contributed by atoms with E-state index >= 15 is 0 Å². The molecule has 2 aliphatic rings. The lowest BCUT2D eigenvalue weighted by molar-refractivity contribution is 0.825. The summed E-state index contributed by atoms with van der Waals surface area (Å²) in [5.74, 6) is 0. The minimum atomic E-state index is 0.348. The summed E-state index contributed by atoms with van der Waals surface area (Å²) in [7, 11) is 6.00. The second kappa shape index (κ2) is 15.4. The standard InChI is InChI=1S/C17H18BN.C12H14.C10H14/c1-12-8-15(16-7-5-4-6-13(16)2)9-14(3)17(18)11-19-10-12;1-10(2)12(8-9-12)11-6-4-3-5-7-11;1-3-9-6-5-7-10(4-2)8-9/h4-9,11H,10H2,1-3H3;3-7H,1,8-9H2,2H3;5-8H,3-4H2,1-2H3/b12-8-,15-9+,17-14-,19-11?;;. The molecular formula is C39H46BN. The highest BCUT2D eigenvalue weighted by Gasteiger charge is 2.44. The monoisotopic (exact) mass is 539 g/mol. The first-order valence-corrected chi connectivity index (χ1v) is 14.9. The Kier molecular flexibility index (Phi) is 12.0. The molecule has 1 heterocycles. The minimum Gasteiger partial charge on any atom is -0.289 e. The maximum absolute atomic E-state index is 6.00. The van der Waals surface area contributed by atoms with Crippen LogP contribution in [-0.2, 0) is 18.3 Å². The third-order valence-electron chi connectivity index (χ3n) is 7.96. The molecule has 0 bridgehead atoms. The van der Waals surface area contributed by atoms with Crippen molar-refractivity contribution in [3.63, 3.8) is 0 Å². The number of aryl methyl sites for hydroxylation is 3. The topological polar surface area (TPSA) is 12.4 Å². The number of benzene rings is 3. The van der Waals surface area contributed by atoms with Crippen molar-refractivity contribution in [3.8, 4) is 0 Å². The summed E-state index contributed by atoms with van der Waals surface area (Å²) < 4.78 is 0. The molecule has 0 spiro atoms. The van der Waals surface area contributed by atoms with Crippen LogP contribution in [0.4, 0.5) is 0 Å². The molecule has 0 amide bonds. The number of rotatable bonds is 5. The van der Waals surface area contributed by atoms with E-state index in [1.807, 2.05) is 6.92 Å². The van der Waals surface area contributed by atoms with Crippen LogP contribution in [-0.4, -0.2) is 20.6 Å². The summed E-state index contributed by atoms with van der Waals surface area (Å²) >= 11 is 0. The van der Waals surface area contributed by atoms with Crippen molar-refractivity contribution in [1.82, 2.24) is 0 Å². The zero-order valence-corrected chi connectivity index (χ0v) is 26.0. The highest BCUT2D eigenvalue weighted by Crippen LogP contribution is 2.52. The largest absolute Gasteiger partial charge is 0.289 e. The Hall–Kier alpha value is -3.65. The van der Waals surface area contributed by atoms with Crippen LogP contribution in [0.2, 0.25) is 0 Å². The van der Waals surface area contributed by atoms with Gasteiger partial charge in [-0.25, -0.2) is 0 Å². The Morgan fingerprint density at radius 2 is 1.44 bits per heavy atom. The van der Waals surface area contributed by atoms with Crippen LogP contribution < -0.4 is 0 Å². The van der Waals surface area contributed by atoms with E-state index in [-0.39, 0.29) is 0 Å². The third kappa shape index (κ3) is 9.18. The lowest BCUT2D eigenvalue weighted by atomic mass is 9.89. The number of hydrogen-bond acceptors (Lipinski definition) is 1. The summed E-state index contributed by atoms with van der Waals surface area (Å²) in [6.07, 6.45) is 10.9. The highest BCUT2D eigenvalue weighted by molar-refractivity contribution is 6.33. The van der Waals surface area contributed by atoms with Gasteiger partial charge in [0.05, 0.1) is 6.54 Å². The molecule has 5 rings (SSSR count). The third-order valence-corrected chi connectivity index (χ3v) is 7.96. The molecule has 2 radical (unpaired) electrons. The molecular weight excluding hydrogens is 493 g/mol. The quantitative estimate of drug-likeness (QED) is 0.226. The van der Waals surface area contributed by atoms with Crippen LogP contribution in [0.3, 0.4) is 0 Å². The lowest BCUT2D eigenvalue weighted by Gasteiger charge is -2.14. The number of allylic oxidation sites excluding steroid dienone is 6. The summed E-state index contributed by atoms with van der Waals surface area (Å²) in [4.78, 5) is 4.34. The molecule has 3 aromatic carbocycles. The van der Waals surface area contributed by atoms with Crippen molar-refractivity contribution in [2.45, 2.75) is 72.6 Å². The Labute approximate surface area is 250 Å². The van der Waals surface area contributed by atoms with Gasteiger partial charge in [-0.3, -0.25) is 4.99 Å². The van der Waals surface area contributed by atoms with E-state index in [0.717, 1.165) is 23.9 Å². The molecule has 210 valence electrons. The fourth-order valence-electron chi connectivity index (χ4n) is 5.02. The second-order valence-electron chi connectivity index (χ2n) is 11.3. The van der Waals surface area contributed by atoms with Gasteiger partial charge in [-0.1, -0.05) is 134 Å². The van der Waals surface area contributed by atoms with Gasteiger partial charge in [0.15, 0.2) is 0 Å². The van der Waals surface area contributed by atoms with Crippen molar-refractivity contribution in [1.29, 1.82) is 0 Å². The van der Waals surface area contributed by atoms with Gasteiger partial charge in [-0.2, -0.15) is 0 Å². The fraction of sp³-hybridized carbons (Fsp3) is 0.308. The van der Waals surface area contributed by atoms with Crippen LogP contribution in [0.15, 0.2) is 125 Å². The summed E-state index contributed by atoms with van der Waals surface area (Å²) in [6.45, 7) is 17.5. The van der Waals surface area contributed by atoms with E-state index in [9.17, 15) is 0 Å². The first-order valence-electron chi connectivity index (χ1n) is 14.9. The van der Waals surface area contributed by atoms with Crippen LogP contribution >= 0.6 is 0 Å². The normalized spacial score (nSPS) is 19.8. The SMILES string of the molecule is C=C(C)C1(c2ccccc2)CC1.CCc1cccc(CC)c1.[B]\C1=C(C)/C=C(c2ccccc2C)\C=C(\C)CN=C1. The van der Waals surface area contributed by atoms with Crippen LogP contribution in [0.1, 0.15) is 75.3 Å². The zero-order valence-electron chi connectivity index (χ0n) is 26.0. The summed E-state index contributed by atoms with van der Waals surface area (Å²) in [5, 5.41) is 0. The molecule has 1 saturated carbocycles. The van der Waals surface area contributed by atoms with E-state index in [1.165, 1.54) is 57.4 Å². The zero-order chi connectivity index (χ0) is 29.8. The van der Waals surface area contributed by atoms with Crippen LogP contribution in [0.25, 0.3) is 5.57 Å². The molecule has 0 N–H and O–H groups in total. The van der Waals surface area contributed by atoms with Crippen molar-refractivity contribution >= 4 is 19.6 Å². The Morgan fingerprint density at radius 3 is 2.00 bits per heavy atom. The molecule has 1 fully saturated rings. The maximum Gasteiger partial charge on any atom is 0.116 e. The van der Waals surface area contributed by atoms with Gasteiger partial charge in [-0.15, -0.1) is 0 Å². The Morgan fingerprint density at radius 1 is 0.829 bits per heavy atom. The maximum atomic E-state index is 6.00. The van der Waals surface area contributed by atoms with Crippen molar-refractivity contribution < 1.29 is 0 Å². The predicted molar refractivity (Wildman–Crippen MR) is 182 cm³/mol. The summed E-state index contributed by atoms with van der Waals surface area (Å²) in [5.41, 5.74) is 12.7. The van der Waals surface area contributed by atoms with Gasteiger partial charge in [0.2, 0.25) is 0 Å². The molecule has 41 heavy (non-hydrogen) atoms. The van der Waals surface area contributed by atoms with E-state index in [1.54, 1.807) is 6.21 Å². The van der Waals surface area contributed by atoms with Crippen LogP contribution in [0, 0.1) is 6.92 Å². The summed E-state index contributed by atoms with van der Waals surface area (Å²) in [6, 6.07) is 27.9. The molecule has 1 aliphatic heterocycles. The molecule has 1 nitrogen and oxygen atoms in total. The van der Waals surface area contributed by atoms with Gasteiger partial charge in [-0.05, 0) is 86.8 Å². The second-order valence-corrected chi connectivity index (χ2v) is 11.3. The molecule has 1 aliphatic carbocycles. The molecule has 0 saturated heterocycles. The number of hydrogen-bond donors (Lipinski definition) is 0. The molecule has 2 heteroatoms. The van der Waals surface area contributed by atoms with E-state index in [0.29, 0.717) is 12.0 Å². The first-order chi connectivity index (χ1) is 19.7.